The third-order valence-electron chi connectivity index (χ3n) is 8.06. The van der Waals surface area contributed by atoms with E-state index in [0.29, 0.717) is 0 Å². The Kier molecular flexibility index (Phi) is 8.78. The number of hydrogen-bond acceptors (Lipinski definition) is 6. The highest BCUT2D eigenvalue weighted by Crippen LogP contribution is 2.71. The number of alkyl halides is 4. The Morgan fingerprint density at radius 2 is 1.19 bits per heavy atom. The highest BCUT2D eigenvalue weighted by Gasteiger charge is 2.74. The molecule has 2 aliphatic rings. The van der Waals surface area contributed by atoms with Crippen LogP contribution in [0.5, 0.6) is 0 Å². The zero-order valence-electron chi connectivity index (χ0n) is 23.2. The lowest BCUT2D eigenvalue weighted by Gasteiger charge is -2.42. The SMILES string of the molecule is CCCS(=O)(=O)OC1CC2CC1C(C(F)(F)C(F)(F)S(=O)(=O)OS(c1ccccc1)(c1ccccc1)c1ccccc1)C2. The summed E-state index contributed by atoms with van der Waals surface area (Å²) < 4.78 is 126. The summed E-state index contributed by atoms with van der Waals surface area (Å²) in [5.41, 5.74) is 0. The van der Waals surface area contributed by atoms with Gasteiger partial charge in [0.25, 0.3) is 10.1 Å². The van der Waals surface area contributed by atoms with Gasteiger partial charge in [-0.05, 0) is 84.2 Å². The van der Waals surface area contributed by atoms with Gasteiger partial charge in [0, 0.05) is 20.6 Å². The number of rotatable bonds is 12. The summed E-state index contributed by atoms with van der Waals surface area (Å²) in [7, 11) is -13.9. The van der Waals surface area contributed by atoms with E-state index in [1.54, 1.807) is 61.5 Å². The molecule has 2 aliphatic carbocycles. The standard InChI is InChI=1S/C30H32F4O6S3/c1-2-18-41(35,36)39-28-21-22-19-26(28)27(20-22)29(31,32)30(33,34)43(37,38)40-42(23-12-6-3-7-13-23,24-14-8-4-9-15-24)25-16-10-5-11-17-25/h3-17,22,26-28H,2,18-21H2,1H3. The molecule has 0 amide bonds. The first-order chi connectivity index (χ1) is 20.2. The van der Waals surface area contributed by atoms with Crippen LogP contribution in [0.25, 0.3) is 0 Å². The Labute approximate surface area is 251 Å². The minimum atomic E-state index is -6.34. The van der Waals surface area contributed by atoms with Crippen LogP contribution in [-0.4, -0.2) is 39.9 Å². The van der Waals surface area contributed by atoms with Crippen LogP contribution in [0.1, 0.15) is 32.6 Å². The largest absolute Gasteiger partial charge is 0.432 e. The predicted molar refractivity (Wildman–Crippen MR) is 155 cm³/mol. The van der Waals surface area contributed by atoms with Gasteiger partial charge in [0.2, 0.25) is 0 Å². The van der Waals surface area contributed by atoms with Crippen LogP contribution < -0.4 is 0 Å². The van der Waals surface area contributed by atoms with E-state index in [1.165, 1.54) is 36.4 Å². The second-order valence-corrected chi connectivity index (χ2v) is 17.1. The van der Waals surface area contributed by atoms with Crippen molar-refractivity contribution in [3.8, 4) is 0 Å². The van der Waals surface area contributed by atoms with Crippen LogP contribution in [-0.2, 0) is 28.0 Å². The summed E-state index contributed by atoms with van der Waals surface area (Å²) >= 11 is 0. The molecule has 4 unspecified atom stereocenters. The molecule has 2 bridgehead atoms. The molecule has 0 saturated heterocycles. The lowest BCUT2D eigenvalue weighted by molar-refractivity contribution is -0.207. The van der Waals surface area contributed by atoms with E-state index < -0.39 is 65.6 Å². The first-order valence-electron chi connectivity index (χ1n) is 13.9. The van der Waals surface area contributed by atoms with E-state index in [1.807, 2.05) is 0 Å². The second kappa shape index (κ2) is 11.8. The molecular weight excluding hydrogens is 629 g/mol. The van der Waals surface area contributed by atoms with Crippen molar-refractivity contribution in [1.82, 2.24) is 0 Å². The van der Waals surface area contributed by atoms with Gasteiger partial charge in [0.05, 0.1) is 11.9 Å². The van der Waals surface area contributed by atoms with E-state index in [2.05, 4.69) is 0 Å². The average molecular weight is 661 g/mol. The maximum atomic E-state index is 16.0. The molecule has 0 radical (unpaired) electrons. The number of hydrogen-bond donors (Lipinski definition) is 0. The summed E-state index contributed by atoms with van der Waals surface area (Å²) in [4.78, 5) is 0.638. The second-order valence-electron chi connectivity index (χ2n) is 10.9. The van der Waals surface area contributed by atoms with Gasteiger partial charge < -0.3 is 0 Å². The van der Waals surface area contributed by atoms with Gasteiger partial charge in [-0.25, -0.2) is 3.63 Å². The summed E-state index contributed by atoms with van der Waals surface area (Å²) in [6, 6.07) is 23.5. The molecule has 3 aromatic carbocycles. The fraction of sp³-hybridized carbons (Fsp3) is 0.400. The molecule has 5 rings (SSSR count). The quantitative estimate of drug-likeness (QED) is 0.147. The van der Waals surface area contributed by atoms with Crippen molar-refractivity contribution in [2.24, 2.45) is 17.8 Å². The van der Waals surface area contributed by atoms with E-state index in [0.717, 1.165) is 0 Å². The molecule has 3 aromatic rings. The molecule has 4 atom stereocenters. The van der Waals surface area contributed by atoms with Crippen LogP contribution >= 0.6 is 10.3 Å². The molecular formula is C30H32F4O6S3. The summed E-state index contributed by atoms with van der Waals surface area (Å²) in [5, 5.41) is -5.65. The number of fused-ring (bicyclic) bond motifs is 2. The number of benzene rings is 3. The molecule has 0 heterocycles. The molecule has 13 heteroatoms. The van der Waals surface area contributed by atoms with Gasteiger partial charge in [-0.15, -0.1) is 0 Å². The highest BCUT2D eigenvalue weighted by atomic mass is 32.3. The fourth-order valence-electron chi connectivity index (χ4n) is 6.22. The normalized spacial score (nSPS) is 23.4. The van der Waals surface area contributed by atoms with Gasteiger partial charge in [-0.2, -0.15) is 34.4 Å². The molecule has 43 heavy (non-hydrogen) atoms. The zero-order chi connectivity index (χ0) is 31.1. The molecule has 0 aromatic heterocycles. The van der Waals surface area contributed by atoms with Crippen molar-refractivity contribution in [3.63, 3.8) is 0 Å². The summed E-state index contributed by atoms with van der Waals surface area (Å²) in [5.74, 6) is -9.32. The van der Waals surface area contributed by atoms with Crippen LogP contribution in [0.4, 0.5) is 17.6 Å². The van der Waals surface area contributed by atoms with E-state index in [4.69, 9.17) is 7.81 Å². The van der Waals surface area contributed by atoms with Gasteiger partial charge in [0.15, 0.2) is 0 Å². The number of halogens is 4. The lowest BCUT2D eigenvalue weighted by Crippen LogP contribution is -2.55. The Morgan fingerprint density at radius 3 is 1.60 bits per heavy atom. The zero-order valence-corrected chi connectivity index (χ0v) is 25.6. The van der Waals surface area contributed by atoms with Crippen molar-refractivity contribution in [2.45, 2.75) is 64.6 Å². The summed E-state index contributed by atoms with van der Waals surface area (Å²) in [6.07, 6.45) is -1.22. The van der Waals surface area contributed by atoms with Crippen LogP contribution in [0, 0.1) is 17.8 Å². The van der Waals surface area contributed by atoms with Gasteiger partial charge >= 0.3 is 21.3 Å². The molecule has 0 spiro atoms. The fourth-order valence-corrected chi connectivity index (χ4v) is 12.7. The molecule has 234 valence electrons. The third-order valence-corrected chi connectivity index (χ3v) is 14.8. The van der Waals surface area contributed by atoms with Gasteiger partial charge in [-0.1, -0.05) is 61.5 Å². The van der Waals surface area contributed by atoms with Crippen molar-refractivity contribution < 1.29 is 42.2 Å². The summed E-state index contributed by atoms with van der Waals surface area (Å²) in [6.45, 7) is 1.60. The van der Waals surface area contributed by atoms with E-state index in [9.17, 15) is 16.8 Å². The topological polar surface area (TPSA) is 86.7 Å². The molecule has 2 fully saturated rings. The Morgan fingerprint density at radius 1 is 0.721 bits per heavy atom. The van der Waals surface area contributed by atoms with Crippen LogP contribution in [0.3, 0.4) is 0 Å². The van der Waals surface area contributed by atoms with Crippen molar-refractivity contribution in [3.05, 3.63) is 91.0 Å². The Balaban J connectivity index is 1.56. The van der Waals surface area contributed by atoms with Gasteiger partial charge in [0.1, 0.15) is 0 Å². The van der Waals surface area contributed by atoms with E-state index in [-0.39, 0.29) is 46.1 Å². The molecule has 0 aliphatic heterocycles. The van der Waals surface area contributed by atoms with Crippen LogP contribution in [0.2, 0.25) is 0 Å². The van der Waals surface area contributed by atoms with Crippen molar-refractivity contribution >= 4 is 30.5 Å². The van der Waals surface area contributed by atoms with Crippen molar-refractivity contribution in [2.75, 3.05) is 5.75 Å². The maximum absolute atomic E-state index is 16.0. The highest BCUT2D eigenvalue weighted by molar-refractivity contribution is 8.33. The van der Waals surface area contributed by atoms with E-state index >= 15 is 17.6 Å². The first-order valence-corrected chi connectivity index (χ1v) is 18.4. The molecule has 0 N–H and O–H groups in total. The molecule has 6 nitrogen and oxygen atoms in total. The molecule has 2 saturated carbocycles. The average Bonchev–Trinajstić information content (AvgIpc) is 3.58. The third kappa shape index (κ3) is 5.74. The van der Waals surface area contributed by atoms with Crippen molar-refractivity contribution in [1.29, 1.82) is 0 Å². The maximum Gasteiger partial charge on any atom is 0.432 e. The lowest BCUT2D eigenvalue weighted by atomic mass is 9.82. The van der Waals surface area contributed by atoms with Gasteiger partial charge in [-0.3, -0.25) is 4.18 Å². The van der Waals surface area contributed by atoms with Crippen LogP contribution in [0.15, 0.2) is 106 Å². The Hall–Kier alpha value is -2.45. The minimum Gasteiger partial charge on any atom is -0.266 e. The Bertz CT molecular complexity index is 1530. The smallest absolute Gasteiger partial charge is 0.266 e. The first kappa shape index (κ1) is 32.0. The minimum absolute atomic E-state index is 0.0385. The monoisotopic (exact) mass is 660 g/mol. The predicted octanol–water partition coefficient (Wildman–Crippen LogP) is 7.63.